The number of benzene rings is 2. The number of aliphatic carboxylic acids is 1. The van der Waals surface area contributed by atoms with Crippen LogP contribution in [0.4, 0.5) is 61.6 Å². The van der Waals surface area contributed by atoms with Crippen LogP contribution in [0.5, 0.6) is 0 Å². The molecule has 274 valence electrons. The molecule has 4 rings (SSSR count). The second kappa shape index (κ2) is 17.1. The van der Waals surface area contributed by atoms with Crippen LogP contribution in [0, 0.1) is 0 Å². The van der Waals surface area contributed by atoms with E-state index in [1.54, 1.807) is 0 Å². The molecule has 1 aliphatic rings. The van der Waals surface area contributed by atoms with Gasteiger partial charge in [0, 0.05) is 32.7 Å². The summed E-state index contributed by atoms with van der Waals surface area (Å²) in [5.41, 5.74) is -4.79. The van der Waals surface area contributed by atoms with Gasteiger partial charge in [0.05, 0.1) is 60.1 Å². The van der Waals surface area contributed by atoms with Gasteiger partial charge in [0.1, 0.15) is 6.61 Å². The molecule has 3 aromatic rings. The van der Waals surface area contributed by atoms with Gasteiger partial charge in [-0.25, -0.2) is 14.8 Å². The van der Waals surface area contributed by atoms with Crippen LogP contribution in [0.3, 0.4) is 0 Å². The van der Waals surface area contributed by atoms with Gasteiger partial charge in [0.2, 0.25) is 5.95 Å². The Morgan fingerprint density at radius 1 is 0.882 bits per heavy atom. The van der Waals surface area contributed by atoms with E-state index < -0.39 is 79.0 Å². The van der Waals surface area contributed by atoms with Crippen molar-refractivity contribution in [3.8, 4) is 0 Å². The first-order valence-corrected chi connectivity index (χ1v) is 14.9. The number of ether oxygens (including phenoxy) is 2. The summed E-state index contributed by atoms with van der Waals surface area (Å²) in [6.45, 7) is 1.06. The van der Waals surface area contributed by atoms with Gasteiger partial charge in [-0.15, -0.1) is 0 Å². The zero-order valence-electron chi connectivity index (χ0n) is 28.2. The Balaban J connectivity index is 0.00000468. The Kier molecular flexibility index (Phi) is 14.0. The number of aromatic nitrogens is 2. The van der Waals surface area contributed by atoms with Crippen molar-refractivity contribution >= 4 is 29.4 Å². The molecular formula is C31H31F9N5NaO5. The van der Waals surface area contributed by atoms with E-state index in [4.69, 9.17) is 14.6 Å². The predicted molar refractivity (Wildman–Crippen MR) is 161 cm³/mol. The number of hydrogen-bond acceptors (Lipinski definition) is 8. The van der Waals surface area contributed by atoms with Crippen LogP contribution >= 0.6 is 0 Å². The maximum Gasteiger partial charge on any atom is 1.00 e. The number of nitrogens with zero attached hydrogens (tertiary/aromatic N) is 5. The zero-order valence-corrected chi connectivity index (χ0v) is 29.2. The number of anilines is 3. The Morgan fingerprint density at radius 3 is 1.96 bits per heavy atom. The molecule has 1 aromatic heterocycles. The SMILES string of the molecule is CCN(C(=O)OCCC(=O)O)c1ccc(C(F)(F)F)cc1CN(Cc1cc(C(F)(F)F)cc(C(F)(F)F)c1)c1ncc(N2CCOCC2)cn1.[H-].[Na+]. The first-order chi connectivity index (χ1) is 23.4. The van der Waals surface area contributed by atoms with Crippen molar-refractivity contribution in [3.63, 3.8) is 0 Å². The van der Waals surface area contributed by atoms with Crippen molar-refractivity contribution in [1.82, 2.24) is 9.97 Å². The fourth-order valence-corrected chi connectivity index (χ4v) is 5.05. The fourth-order valence-electron chi connectivity index (χ4n) is 5.05. The van der Waals surface area contributed by atoms with Crippen LogP contribution < -0.4 is 44.3 Å². The molecule has 0 atom stereocenters. The first kappa shape index (κ1) is 41.6. The summed E-state index contributed by atoms with van der Waals surface area (Å²) >= 11 is 0. The smallest absolute Gasteiger partial charge is 1.00 e. The summed E-state index contributed by atoms with van der Waals surface area (Å²) in [6.07, 6.45) is -14.2. The minimum atomic E-state index is -5.17. The van der Waals surface area contributed by atoms with Crippen LogP contribution in [-0.2, 0) is 45.9 Å². The number of amides is 1. The van der Waals surface area contributed by atoms with Crippen LogP contribution in [0.2, 0.25) is 0 Å². The van der Waals surface area contributed by atoms with Gasteiger partial charge in [-0.3, -0.25) is 9.69 Å². The molecule has 2 aromatic carbocycles. The molecule has 2 heterocycles. The Hall–Kier alpha value is -3.81. The number of carboxylic acid groups (broad SMARTS) is 1. The molecule has 0 spiro atoms. The third-order valence-corrected chi connectivity index (χ3v) is 7.44. The minimum Gasteiger partial charge on any atom is -1.00 e. The molecule has 0 bridgehead atoms. The summed E-state index contributed by atoms with van der Waals surface area (Å²) < 4.78 is 134. The number of morpholine rings is 1. The van der Waals surface area contributed by atoms with Crippen LogP contribution in [0.1, 0.15) is 42.6 Å². The number of hydrogen-bond donors (Lipinski definition) is 1. The monoisotopic (exact) mass is 747 g/mol. The number of rotatable bonds is 11. The quantitative estimate of drug-likeness (QED) is 0.229. The largest absolute Gasteiger partial charge is 1.00 e. The summed E-state index contributed by atoms with van der Waals surface area (Å²) in [4.78, 5) is 36.1. The Morgan fingerprint density at radius 2 is 1.45 bits per heavy atom. The summed E-state index contributed by atoms with van der Waals surface area (Å²) in [6, 6.07) is 3.20. The number of carboxylic acids is 1. The van der Waals surface area contributed by atoms with E-state index in [9.17, 15) is 49.1 Å². The van der Waals surface area contributed by atoms with Gasteiger partial charge in [-0.05, 0) is 54.4 Å². The molecule has 0 aliphatic carbocycles. The molecule has 0 saturated carbocycles. The number of carbonyl (C=O) groups excluding carboxylic acids is 1. The Bertz CT molecular complexity index is 1630. The third kappa shape index (κ3) is 11.3. The van der Waals surface area contributed by atoms with E-state index in [1.165, 1.54) is 19.3 Å². The summed E-state index contributed by atoms with van der Waals surface area (Å²) in [5.74, 6) is -1.54. The predicted octanol–water partition coefficient (Wildman–Crippen LogP) is 4.13. The van der Waals surface area contributed by atoms with E-state index in [2.05, 4.69) is 9.97 Å². The van der Waals surface area contributed by atoms with E-state index in [-0.39, 0.29) is 60.8 Å². The maximum atomic E-state index is 13.9. The molecule has 1 saturated heterocycles. The number of halogens is 9. The molecule has 20 heteroatoms. The zero-order chi connectivity index (χ0) is 36.9. The summed E-state index contributed by atoms with van der Waals surface area (Å²) in [7, 11) is 0. The molecule has 10 nitrogen and oxygen atoms in total. The van der Waals surface area contributed by atoms with Gasteiger partial charge in [-0.2, -0.15) is 39.5 Å². The van der Waals surface area contributed by atoms with Gasteiger partial charge in [-0.1, -0.05) is 0 Å². The molecule has 1 fully saturated rings. The number of carbonyl (C=O) groups is 2. The third-order valence-electron chi connectivity index (χ3n) is 7.44. The first-order valence-electron chi connectivity index (χ1n) is 14.9. The van der Waals surface area contributed by atoms with E-state index >= 15 is 0 Å². The van der Waals surface area contributed by atoms with Gasteiger partial charge in [0.15, 0.2) is 0 Å². The molecule has 0 radical (unpaired) electrons. The van der Waals surface area contributed by atoms with E-state index in [0.717, 1.165) is 15.9 Å². The van der Waals surface area contributed by atoms with Crippen molar-refractivity contribution in [1.29, 1.82) is 0 Å². The van der Waals surface area contributed by atoms with Crippen molar-refractivity contribution in [2.75, 3.05) is 54.2 Å². The van der Waals surface area contributed by atoms with Gasteiger partial charge >= 0.3 is 60.1 Å². The van der Waals surface area contributed by atoms with Crippen molar-refractivity contribution in [2.45, 2.75) is 45.0 Å². The van der Waals surface area contributed by atoms with E-state index in [1.807, 2.05) is 4.90 Å². The average molecular weight is 748 g/mol. The van der Waals surface area contributed by atoms with Crippen LogP contribution in [0.15, 0.2) is 48.8 Å². The Labute approximate surface area is 308 Å². The molecular weight excluding hydrogens is 716 g/mol. The minimum absolute atomic E-state index is 0. The van der Waals surface area contributed by atoms with Crippen molar-refractivity contribution in [2.24, 2.45) is 0 Å². The normalized spacial score (nSPS) is 13.7. The molecule has 51 heavy (non-hydrogen) atoms. The molecule has 1 amide bonds. The van der Waals surface area contributed by atoms with Gasteiger partial charge in [0.25, 0.3) is 0 Å². The standard InChI is InChI=1S/C31H30F9N5O5.Na.H/c1-2-45(28(48)50-8-5-26(46)47)25-4-3-21(29(32,33)34)13-20(25)18-44(27-41-15-24(16-42-27)43-6-9-49-10-7-43)17-19-11-22(30(35,36)37)14-23(12-19)31(38,39)40;;/h3-4,11-16H,2,5-10,17-18H2,1H3,(H,46,47);;/q;+1;-1. The summed E-state index contributed by atoms with van der Waals surface area (Å²) in [5, 5.41) is 8.87. The molecule has 0 unspecified atom stereocenters. The molecule has 1 N–H and O–H groups in total. The van der Waals surface area contributed by atoms with Crippen molar-refractivity contribution < 1.29 is 94.7 Å². The van der Waals surface area contributed by atoms with E-state index in [0.29, 0.717) is 56.3 Å². The number of alkyl halides is 9. The topological polar surface area (TPSA) is 108 Å². The van der Waals surface area contributed by atoms with Crippen LogP contribution in [0.25, 0.3) is 0 Å². The fraction of sp³-hybridized carbons (Fsp3) is 0.419. The second-order valence-electron chi connectivity index (χ2n) is 11.0. The van der Waals surface area contributed by atoms with Crippen molar-refractivity contribution in [3.05, 3.63) is 76.6 Å². The maximum absolute atomic E-state index is 13.9. The molecule has 1 aliphatic heterocycles. The van der Waals surface area contributed by atoms with Crippen LogP contribution in [-0.4, -0.2) is 66.6 Å². The van der Waals surface area contributed by atoms with Gasteiger partial charge < -0.3 is 25.8 Å². The average Bonchev–Trinajstić information content (AvgIpc) is 3.04. The second-order valence-corrected chi connectivity index (χ2v) is 11.0.